The first-order valence-corrected chi connectivity index (χ1v) is 6.13. The molecule has 4 N–H and O–H groups in total. The van der Waals surface area contributed by atoms with Gasteiger partial charge in [0.05, 0.1) is 16.7 Å². The Balaban J connectivity index is 2.11. The third kappa shape index (κ3) is 3.79. The zero-order valence-corrected chi connectivity index (χ0v) is 11.3. The summed E-state index contributed by atoms with van der Waals surface area (Å²) < 4.78 is 0. The van der Waals surface area contributed by atoms with Crippen molar-refractivity contribution in [2.24, 2.45) is 5.10 Å². The van der Waals surface area contributed by atoms with Gasteiger partial charge in [-0.25, -0.2) is 5.43 Å². The van der Waals surface area contributed by atoms with E-state index in [1.54, 1.807) is 12.1 Å². The molecule has 1 amide bonds. The Hall–Kier alpha value is -3.42. The summed E-state index contributed by atoms with van der Waals surface area (Å²) in [7, 11) is 0. The first kappa shape index (κ1) is 15.0. The van der Waals surface area contributed by atoms with E-state index in [0.717, 1.165) is 12.1 Å². The Labute approximate surface area is 125 Å². The van der Waals surface area contributed by atoms with Gasteiger partial charge < -0.3 is 10.8 Å². The van der Waals surface area contributed by atoms with Crippen LogP contribution in [0.4, 0.5) is 11.4 Å². The number of phenolic OH excluding ortho intramolecular Hbond substituents is 1. The van der Waals surface area contributed by atoms with Crippen molar-refractivity contribution in [2.75, 3.05) is 5.73 Å². The predicted octanol–water partition coefficient (Wildman–Crippen LogP) is 1.65. The van der Waals surface area contributed by atoms with Gasteiger partial charge in [0.25, 0.3) is 11.6 Å². The highest BCUT2D eigenvalue weighted by molar-refractivity contribution is 5.96. The average Bonchev–Trinajstić information content (AvgIpc) is 2.46. The van der Waals surface area contributed by atoms with Gasteiger partial charge in [-0.2, -0.15) is 5.10 Å². The summed E-state index contributed by atoms with van der Waals surface area (Å²) in [6.07, 6.45) is 1.33. The number of anilines is 1. The lowest BCUT2D eigenvalue weighted by Crippen LogP contribution is -2.18. The fraction of sp³-hybridized carbons (Fsp3) is 0. The van der Waals surface area contributed by atoms with Crippen LogP contribution >= 0.6 is 0 Å². The number of aromatic hydroxyl groups is 1. The molecule has 0 bridgehead atoms. The molecular weight excluding hydrogens is 288 g/mol. The van der Waals surface area contributed by atoms with Crippen molar-refractivity contribution in [1.29, 1.82) is 0 Å². The number of hydrogen-bond donors (Lipinski definition) is 3. The predicted molar refractivity (Wildman–Crippen MR) is 80.7 cm³/mol. The molecule has 0 aliphatic carbocycles. The minimum Gasteiger partial charge on any atom is -0.508 e. The van der Waals surface area contributed by atoms with Gasteiger partial charge in [0, 0.05) is 17.8 Å². The molecule has 2 aromatic rings. The second-order valence-corrected chi connectivity index (χ2v) is 4.36. The van der Waals surface area contributed by atoms with Crippen LogP contribution in [0.2, 0.25) is 0 Å². The Morgan fingerprint density at radius 3 is 2.77 bits per heavy atom. The number of carbonyl (C=O) groups excluding carboxylic acids is 1. The summed E-state index contributed by atoms with van der Waals surface area (Å²) in [5, 5.41) is 23.7. The molecule has 0 aromatic heterocycles. The highest BCUT2D eigenvalue weighted by Gasteiger charge is 2.13. The maximum atomic E-state index is 11.9. The molecule has 0 heterocycles. The fourth-order valence-corrected chi connectivity index (χ4v) is 1.71. The van der Waals surface area contributed by atoms with Crippen LogP contribution in [0, 0.1) is 10.1 Å². The molecule has 0 spiro atoms. The van der Waals surface area contributed by atoms with E-state index >= 15 is 0 Å². The Morgan fingerprint density at radius 2 is 2.09 bits per heavy atom. The van der Waals surface area contributed by atoms with Crippen molar-refractivity contribution in [3.63, 3.8) is 0 Å². The van der Waals surface area contributed by atoms with Gasteiger partial charge in [0.15, 0.2) is 0 Å². The molecule has 0 aliphatic rings. The molecule has 0 fully saturated rings. The van der Waals surface area contributed by atoms with Crippen LogP contribution in [0.15, 0.2) is 47.6 Å². The number of nitrogen functional groups attached to an aromatic ring is 1. The van der Waals surface area contributed by atoms with Crippen molar-refractivity contribution in [2.45, 2.75) is 0 Å². The second kappa shape index (κ2) is 6.35. The van der Waals surface area contributed by atoms with E-state index in [0.29, 0.717) is 5.56 Å². The molecule has 0 aliphatic heterocycles. The van der Waals surface area contributed by atoms with Crippen molar-refractivity contribution in [3.05, 3.63) is 63.7 Å². The molecule has 0 saturated carbocycles. The minimum atomic E-state index is -0.636. The molecular formula is C14H12N4O4. The van der Waals surface area contributed by atoms with Crippen molar-refractivity contribution >= 4 is 23.5 Å². The zero-order valence-electron chi connectivity index (χ0n) is 11.3. The number of nitrogens with zero attached hydrogens (tertiary/aromatic N) is 2. The van der Waals surface area contributed by atoms with Crippen molar-refractivity contribution < 1.29 is 14.8 Å². The van der Waals surface area contributed by atoms with E-state index in [1.165, 1.54) is 24.4 Å². The van der Waals surface area contributed by atoms with Gasteiger partial charge in [-0.1, -0.05) is 12.1 Å². The number of phenols is 1. The fourth-order valence-electron chi connectivity index (χ4n) is 1.71. The summed E-state index contributed by atoms with van der Waals surface area (Å²) in [5.74, 6) is -0.562. The normalized spacial score (nSPS) is 10.5. The summed E-state index contributed by atoms with van der Waals surface area (Å²) >= 11 is 0. The largest absolute Gasteiger partial charge is 0.508 e. The highest BCUT2D eigenvalue weighted by atomic mass is 16.6. The first-order chi connectivity index (χ1) is 10.5. The molecule has 2 aromatic carbocycles. The number of carbonyl (C=O) groups is 1. The summed E-state index contributed by atoms with van der Waals surface area (Å²) in [4.78, 5) is 22.0. The van der Waals surface area contributed by atoms with Crippen LogP contribution in [-0.2, 0) is 0 Å². The monoisotopic (exact) mass is 300 g/mol. The van der Waals surface area contributed by atoms with Crippen LogP contribution < -0.4 is 11.2 Å². The lowest BCUT2D eigenvalue weighted by Gasteiger charge is -2.02. The highest BCUT2D eigenvalue weighted by Crippen LogP contribution is 2.18. The summed E-state index contributed by atoms with van der Waals surface area (Å²) in [5.41, 5.74) is 8.19. The second-order valence-electron chi connectivity index (χ2n) is 4.36. The maximum absolute atomic E-state index is 11.9. The number of benzene rings is 2. The molecule has 112 valence electrons. The molecule has 0 atom stereocenters. The molecule has 2 rings (SSSR count). The molecule has 0 unspecified atom stereocenters. The number of hydrazone groups is 1. The number of nitrogens with two attached hydrogens (primary N) is 1. The van der Waals surface area contributed by atoms with Crippen molar-refractivity contribution in [3.8, 4) is 5.75 Å². The van der Waals surface area contributed by atoms with E-state index in [4.69, 9.17) is 5.73 Å². The number of amides is 1. The van der Waals surface area contributed by atoms with E-state index in [2.05, 4.69) is 10.5 Å². The standard InChI is InChI=1S/C14H12N4O4/c15-11-5-10(6-12(7-11)18(21)22)14(20)17-16-8-9-2-1-3-13(19)4-9/h1-8,19H,15H2,(H,17,20)/b16-8-. The first-order valence-electron chi connectivity index (χ1n) is 6.13. The lowest BCUT2D eigenvalue weighted by atomic mass is 10.1. The Kier molecular flexibility index (Phi) is 4.33. The van der Waals surface area contributed by atoms with Gasteiger partial charge in [0.1, 0.15) is 5.75 Å². The van der Waals surface area contributed by atoms with E-state index in [-0.39, 0.29) is 22.7 Å². The van der Waals surface area contributed by atoms with E-state index in [1.807, 2.05) is 0 Å². The van der Waals surface area contributed by atoms with Gasteiger partial charge in [-0.3, -0.25) is 14.9 Å². The van der Waals surface area contributed by atoms with Crippen LogP contribution in [0.25, 0.3) is 0 Å². The average molecular weight is 300 g/mol. The van der Waals surface area contributed by atoms with Crippen molar-refractivity contribution in [1.82, 2.24) is 5.43 Å². The topological polar surface area (TPSA) is 131 Å². The van der Waals surface area contributed by atoms with Gasteiger partial charge in [-0.05, 0) is 23.8 Å². The van der Waals surface area contributed by atoms with Gasteiger partial charge >= 0.3 is 0 Å². The molecule has 8 heteroatoms. The van der Waals surface area contributed by atoms with E-state index < -0.39 is 10.8 Å². The number of nitro benzene ring substituents is 1. The molecule has 0 saturated heterocycles. The van der Waals surface area contributed by atoms with Gasteiger partial charge in [0.2, 0.25) is 0 Å². The zero-order chi connectivity index (χ0) is 16.1. The van der Waals surface area contributed by atoms with E-state index in [9.17, 15) is 20.0 Å². The Bertz CT molecular complexity index is 758. The quantitative estimate of drug-likeness (QED) is 0.342. The maximum Gasteiger partial charge on any atom is 0.272 e. The smallest absolute Gasteiger partial charge is 0.272 e. The van der Waals surface area contributed by atoms with Crippen LogP contribution in [0.5, 0.6) is 5.75 Å². The van der Waals surface area contributed by atoms with Crippen LogP contribution in [0.3, 0.4) is 0 Å². The molecule has 0 radical (unpaired) electrons. The number of nitro groups is 1. The minimum absolute atomic E-state index is 0.0276. The number of nitrogens with one attached hydrogen (secondary N) is 1. The van der Waals surface area contributed by atoms with Gasteiger partial charge in [-0.15, -0.1) is 0 Å². The Morgan fingerprint density at radius 1 is 1.32 bits per heavy atom. The number of rotatable bonds is 4. The third-order valence-corrected chi connectivity index (χ3v) is 2.66. The summed E-state index contributed by atoms with van der Waals surface area (Å²) in [6.45, 7) is 0. The van der Waals surface area contributed by atoms with Crippen LogP contribution in [-0.4, -0.2) is 22.2 Å². The number of non-ortho nitro benzene ring substituents is 1. The third-order valence-electron chi connectivity index (χ3n) is 2.66. The number of hydrogen-bond acceptors (Lipinski definition) is 6. The summed E-state index contributed by atoms with van der Waals surface area (Å²) in [6, 6.07) is 9.85. The molecule has 8 nitrogen and oxygen atoms in total. The lowest BCUT2D eigenvalue weighted by molar-refractivity contribution is -0.384. The molecule has 22 heavy (non-hydrogen) atoms. The van der Waals surface area contributed by atoms with Crippen LogP contribution in [0.1, 0.15) is 15.9 Å². The SMILES string of the molecule is Nc1cc(C(=O)N/N=C\c2cccc(O)c2)cc([N+](=O)[O-])c1.